The van der Waals surface area contributed by atoms with E-state index in [-0.39, 0.29) is 38.6 Å². The molecule has 0 saturated carbocycles. The number of halogens is 4. The zero-order valence-corrected chi connectivity index (χ0v) is 16.8. The summed E-state index contributed by atoms with van der Waals surface area (Å²) >= 11 is 13.2. The maximum Gasteiger partial charge on any atom is 0.270 e. The number of thiazole rings is 1. The molecule has 27 heavy (non-hydrogen) atoms. The highest BCUT2D eigenvalue weighted by molar-refractivity contribution is 8.02. The number of ether oxygens (including phenoxy) is 1. The first kappa shape index (κ1) is 20.2. The third-order valence-electron chi connectivity index (χ3n) is 3.64. The van der Waals surface area contributed by atoms with Gasteiger partial charge in [0.15, 0.2) is 19.4 Å². The van der Waals surface area contributed by atoms with Crippen LogP contribution in [0.2, 0.25) is 10.0 Å². The Labute approximate surface area is 168 Å². The Morgan fingerprint density at radius 2 is 2.00 bits per heavy atom. The summed E-state index contributed by atoms with van der Waals surface area (Å²) in [5.41, 5.74) is 1.06. The number of alkyl halides is 2. The number of hydrogen-bond acceptors (Lipinski definition) is 6. The lowest BCUT2D eigenvalue weighted by Crippen LogP contribution is -2.38. The van der Waals surface area contributed by atoms with Crippen LogP contribution in [0.15, 0.2) is 17.6 Å². The average molecular weight is 455 g/mol. The van der Waals surface area contributed by atoms with Gasteiger partial charge in [-0.1, -0.05) is 23.2 Å². The Balaban J connectivity index is 2.36. The molecule has 0 aliphatic carbocycles. The van der Waals surface area contributed by atoms with E-state index in [0.717, 1.165) is 11.3 Å². The van der Waals surface area contributed by atoms with Crippen molar-refractivity contribution >= 4 is 68.9 Å². The summed E-state index contributed by atoms with van der Waals surface area (Å²) in [6.45, 7) is -0.994. The van der Waals surface area contributed by atoms with Crippen molar-refractivity contribution < 1.29 is 27.0 Å². The molecule has 0 saturated heterocycles. The van der Waals surface area contributed by atoms with Crippen molar-refractivity contribution in [2.45, 2.75) is 6.43 Å². The topological polar surface area (TPSA) is 79.7 Å². The zero-order valence-electron chi connectivity index (χ0n) is 13.6. The van der Waals surface area contributed by atoms with E-state index in [1.54, 1.807) is 7.85 Å². The molecule has 0 spiro atoms. The molecule has 1 N–H and O–H groups in total. The molecule has 0 unspecified atom stereocenters. The van der Waals surface area contributed by atoms with Crippen molar-refractivity contribution in [3.8, 4) is 5.75 Å². The molecule has 1 aliphatic heterocycles. The highest BCUT2D eigenvalue weighted by Gasteiger charge is 2.43. The molecule has 144 valence electrons. The number of aliphatic hydroxyl groups is 1. The first-order chi connectivity index (χ1) is 12.7. The quantitative estimate of drug-likeness (QED) is 0.701. The molecule has 2 aromatic rings. The van der Waals surface area contributed by atoms with Gasteiger partial charge in [-0.05, 0) is 12.1 Å². The van der Waals surface area contributed by atoms with Crippen LogP contribution >= 0.6 is 34.5 Å². The van der Waals surface area contributed by atoms with Crippen LogP contribution < -0.4 is 9.04 Å². The summed E-state index contributed by atoms with van der Waals surface area (Å²) < 4.78 is 58.2. The Kier molecular flexibility index (Phi) is 5.58. The van der Waals surface area contributed by atoms with Gasteiger partial charge in [-0.2, -0.15) is 0 Å². The van der Waals surface area contributed by atoms with Gasteiger partial charge < -0.3 is 9.84 Å². The van der Waals surface area contributed by atoms with E-state index in [4.69, 9.17) is 27.9 Å². The largest absolute Gasteiger partial charge is 0.505 e. The monoisotopic (exact) mass is 454 g/mol. The molecule has 2 heterocycles. The molecule has 1 aliphatic rings. The molecule has 0 amide bonds. The number of hydrogen-bond donors (Lipinski definition) is 1. The lowest BCUT2D eigenvalue weighted by atomic mass is 10.1. The highest BCUT2D eigenvalue weighted by Crippen LogP contribution is 2.49. The van der Waals surface area contributed by atoms with Crippen LogP contribution in [0.4, 0.5) is 14.6 Å². The number of nitrogens with zero attached hydrogens (tertiary/aromatic N) is 2. The fourth-order valence-corrected chi connectivity index (χ4v) is 5.69. The molecule has 13 heteroatoms. The summed E-state index contributed by atoms with van der Waals surface area (Å²) in [5, 5.41) is 10.6. The van der Waals surface area contributed by atoms with Crippen molar-refractivity contribution in [2.24, 2.45) is 0 Å². The molecule has 1 aromatic heterocycles. The van der Waals surface area contributed by atoms with E-state index in [9.17, 15) is 22.3 Å². The standard InChI is InChI=1S/C14H11BCl2F2N2O4S2/c15-4-25-11-7(17)2-1-6(16)9(11)13-10(22)12-14(20-5-26-12)21(3-8(18)19)27(13,23)24/h1-2,5,8,22H,3-4,15H2. The van der Waals surface area contributed by atoms with Crippen molar-refractivity contribution in [1.29, 1.82) is 0 Å². The van der Waals surface area contributed by atoms with Crippen LogP contribution in [-0.4, -0.2) is 45.8 Å². The SMILES string of the molecule is BCOc1c(Cl)ccc(Cl)c1C1=C(O)c2scnc2N(CC(F)F)S1(=O)=O. The van der Waals surface area contributed by atoms with Crippen LogP contribution in [0.5, 0.6) is 5.75 Å². The van der Waals surface area contributed by atoms with Crippen LogP contribution in [0.3, 0.4) is 0 Å². The molecular formula is C14H11BCl2F2N2O4S2. The van der Waals surface area contributed by atoms with Gasteiger partial charge in [-0.25, -0.2) is 26.5 Å². The smallest absolute Gasteiger partial charge is 0.270 e. The minimum atomic E-state index is -4.62. The van der Waals surface area contributed by atoms with Gasteiger partial charge in [-0.15, -0.1) is 11.3 Å². The number of benzene rings is 1. The summed E-state index contributed by atoms with van der Waals surface area (Å²) in [6, 6.07) is 2.73. The Bertz CT molecular complexity index is 1030. The molecule has 0 atom stereocenters. The van der Waals surface area contributed by atoms with Gasteiger partial charge in [0.25, 0.3) is 16.4 Å². The summed E-state index contributed by atoms with van der Waals surface area (Å²) in [6.07, 6.45) is -2.96. The molecule has 0 radical (unpaired) electrons. The summed E-state index contributed by atoms with van der Waals surface area (Å²) in [7, 11) is -2.97. The van der Waals surface area contributed by atoms with E-state index in [2.05, 4.69) is 4.98 Å². The number of aliphatic hydroxyl groups excluding tert-OH is 1. The predicted octanol–water partition coefficient (Wildman–Crippen LogP) is 3.22. The lowest BCUT2D eigenvalue weighted by molar-refractivity contribution is 0.159. The van der Waals surface area contributed by atoms with Crippen LogP contribution in [0.1, 0.15) is 10.4 Å². The number of sulfonamides is 1. The molecular weight excluding hydrogens is 444 g/mol. The Hall–Kier alpha value is -1.56. The van der Waals surface area contributed by atoms with Gasteiger partial charge >= 0.3 is 0 Å². The predicted molar refractivity (Wildman–Crippen MR) is 104 cm³/mol. The van der Waals surface area contributed by atoms with Crippen molar-refractivity contribution in [3.05, 3.63) is 38.1 Å². The maximum absolute atomic E-state index is 13.1. The maximum atomic E-state index is 13.1. The molecule has 6 nitrogen and oxygen atoms in total. The van der Waals surface area contributed by atoms with E-state index in [0.29, 0.717) is 4.31 Å². The van der Waals surface area contributed by atoms with Crippen molar-refractivity contribution in [3.63, 3.8) is 0 Å². The second kappa shape index (κ2) is 7.46. The first-order valence-corrected chi connectivity index (χ1v) is 10.6. The zero-order chi connectivity index (χ0) is 19.9. The third kappa shape index (κ3) is 3.37. The molecule has 1 aromatic carbocycles. The van der Waals surface area contributed by atoms with E-state index >= 15 is 0 Å². The normalized spacial score (nSPS) is 16.0. The fraction of sp³-hybridized carbons (Fsp3) is 0.214. The van der Waals surface area contributed by atoms with Crippen molar-refractivity contribution in [1.82, 2.24) is 4.98 Å². The van der Waals surface area contributed by atoms with Gasteiger partial charge in [0.05, 0.1) is 34.2 Å². The number of fused-ring (bicyclic) bond motifs is 1. The molecule has 0 fully saturated rings. The molecule has 0 bridgehead atoms. The second-order valence-corrected chi connectivity index (χ2v) is 8.74. The number of aromatic nitrogens is 1. The van der Waals surface area contributed by atoms with Crippen molar-refractivity contribution in [2.75, 3.05) is 17.4 Å². The third-order valence-corrected chi connectivity index (χ3v) is 6.89. The second-order valence-electron chi connectivity index (χ2n) is 5.28. The Morgan fingerprint density at radius 3 is 2.63 bits per heavy atom. The fourth-order valence-electron chi connectivity index (χ4n) is 2.62. The van der Waals surface area contributed by atoms with Gasteiger partial charge in [0.2, 0.25) is 0 Å². The van der Waals surface area contributed by atoms with Crippen LogP contribution in [0.25, 0.3) is 10.7 Å². The first-order valence-electron chi connectivity index (χ1n) is 7.49. The average Bonchev–Trinajstić information content (AvgIpc) is 3.07. The highest BCUT2D eigenvalue weighted by atomic mass is 35.5. The number of rotatable bonds is 5. The Morgan fingerprint density at radius 1 is 1.33 bits per heavy atom. The number of anilines is 1. The van der Waals surface area contributed by atoms with Crippen LogP contribution in [0, 0.1) is 0 Å². The van der Waals surface area contributed by atoms with Crippen LogP contribution in [-0.2, 0) is 10.0 Å². The van der Waals surface area contributed by atoms with Gasteiger partial charge in [0.1, 0.15) is 15.5 Å². The lowest BCUT2D eigenvalue weighted by Gasteiger charge is -2.29. The summed E-state index contributed by atoms with van der Waals surface area (Å²) in [4.78, 5) is 3.18. The minimum absolute atomic E-state index is 0.0268. The van der Waals surface area contributed by atoms with E-state index in [1.165, 1.54) is 17.6 Å². The minimum Gasteiger partial charge on any atom is -0.505 e. The van der Waals surface area contributed by atoms with Gasteiger partial charge in [-0.3, -0.25) is 0 Å². The van der Waals surface area contributed by atoms with Gasteiger partial charge in [0, 0.05) is 0 Å². The summed E-state index contributed by atoms with van der Waals surface area (Å²) in [5.74, 6) is -0.984. The van der Waals surface area contributed by atoms with E-state index in [1.807, 2.05) is 0 Å². The molecule has 3 rings (SSSR count). The van der Waals surface area contributed by atoms with E-state index < -0.39 is 33.7 Å².